The van der Waals surface area contributed by atoms with Crippen molar-refractivity contribution in [1.29, 1.82) is 0 Å². The Hall–Kier alpha value is -1.73. The predicted octanol–water partition coefficient (Wildman–Crippen LogP) is 2.58. The maximum atomic E-state index is 12.0. The van der Waals surface area contributed by atoms with Crippen molar-refractivity contribution >= 4 is 27.0 Å². The average molecular weight is 337 g/mol. The maximum absolute atomic E-state index is 12.0. The second kappa shape index (κ2) is 7.02. The minimum Gasteiger partial charge on any atom is -0.351 e. The van der Waals surface area contributed by atoms with E-state index in [-0.39, 0.29) is 5.91 Å². The maximum Gasteiger partial charge on any atom is 0.251 e. The third kappa shape index (κ3) is 4.38. The van der Waals surface area contributed by atoms with E-state index in [0.29, 0.717) is 17.9 Å². The van der Waals surface area contributed by atoms with E-state index < -0.39 is 9.73 Å². The molecule has 0 spiro atoms. The van der Waals surface area contributed by atoms with Gasteiger partial charge < -0.3 is 5.32 Å². The van der Waals surface area contributed by atoms with Gasteiger partial charge in [0, 0.05) is 51.8 Å². The molecular formula is C15H19N3O2S2. The Morgan fingerprint density at radius 1 is 1.36 bits per heavy atom. The highest BCUT2D eigenvalue weighted by Gasteiger charge is 2.08. The van der Waals surface area contributed by atoms with Crippen LogP contribution in [0.15, 0.2) is 34.0 Å². The van der Waals surface area contributed by atoms with Crippen LogP contribution < -0.4 is 5.32 Å². The number of rotatable bonds is 5. The molecule has 0 saturated heterocycles. The van der Waals surface area contributed by atoms with E-state index in [1.807, 2.05) is 24.4 Å². The minimum atomic E-state index is -2.18. The second-order valence-corrected chi connectivity index (χ2v) is 8.69. The van der Waals surface area contributed by atoms with Crippen LogP contribution in [-0.2, 0) is 9.73 Å². The molecule has 7 heteroatoms. The lowest BCUT2D eigenvalue weighted by atomic mass is 10.1. The van der Waals surface area contributed by atoms with Crippen molar-refractivity contribution in [2.75, 3.05) is 25.6 Å². The molecule has 22 heavy (non-hydrogen) atoms. The molecule has 1 amide bonds. The van der Waals surface area contributed by atoms with E-state index in [9.17, 15) is 9.00 Å². The number of thiazole rings is 1. The van der Waals surface area contributed by atoms with Gasteiger partial charge >= 0.3 is 0 Å². The van der Waals surface area contributed by atoms with Gasteiger partial charge in [0.25, 0.3) is 5.91 Å². The molecule has 0 aliphatic heterocycles. The summed E-state index contributed by atoms with van der Waals surface area (Å²) in [4.78, 5) is 16.4. The minimum absolute atomic E-state index is 0.174. The summed E-state index contributed by atoms with van der Waals surface area (Å²) in [5.74, 6) is 0.179. The third-order valence-corrected chi connectivity index (χ3v) is 5.72. The highest BCUT2D eigenvalue weighted by Crippen LogP contribution is 2.21. The van der Waals surface area contributed by atoms with Gasteiger partial charge in [-0.3, -0.25) is 4.79 Å². The molecule has 1 heterocycles. The predicted molar refractivity (Wildman–Crippen MR) is 91.9 cm³/mol. The van der Waals surface area contributed by atoms with Crippen molar-refractivity contribution in [1.82, 2.24) is 10.3 Å². The van der Waals surface area contributed by atoms with Gasteiger partial charge in [-0.25, -0.2) is 13.6 Å². The van der Waals surface area contributed by atoms with Crippen molar-refractivity contribution in [3.05, 3.63) is 40.2 Å². The van der Waals surface area contributed by atoms with Crippen LogP contribution in [0, 0.1) is 6.92 Å². The number of nitrogens with zero attached hydrogens (tertiary/aromatic N) is 2. The largest absolute Gasteiger partial charge is 0.351 e. The lowest BCUT2D eigenvalue weighted by Gasteiger charge is -2.06. The van der Waals surface area contributed by atoms with Crippen LogP contribution in [0.2, 0.25) is 0 Å². The normalized spacial score (nSPS) is 13.4. The molecule has 0 fully saturated rings. The first-order chi connectivity index (χ1) is 10.4. The molecule has 118 valence electrons. The molecule has 2 aromatic rings. The first-order valence-electron chi connectivity index (χ1n) is 6.80. The first-order valence-corrected chi connectivity index (χ1v) is 9.77. The number of hydrogen-bond donors (Lipinski definition) is 1. The van der Waals surface area contributed by atoms with E-state index in [2.05, 4.69) is 14.7 Å². The fourth-order valence-electron chi connectivity index (χ4n) is 1.84. The van der Waals surface area contributed by atoms with Gasteiger partial charge in [-0.1, -0.05) is 12.1 Å². The van der Waals surface area contributed by atoms with Gasteiger partial charge in [0.2, 0.25) is 0 Å². The molecule has 0 radical (unpaired) electrons. The molecule has 1 unspecified atom stereocenters. The monoisotopic (exact) mass is 337 g/mol. The Morgan fingerprint density at radius 2 is 2.05 bits per heavy atom. The number of carbonyl (C=O) groups is 1. The smallest absolute Gasteiger partial charge is 0.251 e. The molecular weight excluding hydrogens is 318 g/mol. The standard InChI is InChI=1S/C15H19N3O2S2/c1-11-18-14(10-21-11)12-4-6-13(7-5-12)15(19)17-8-9-22(3,20)16-2/h4-7,10H,8-9H2,1-3H3,(H,17,19). The Labute approximate surface area is 135 Å². The Bertz CT molecular complexity index is 772. The highest BCUT2D eigenvalue weighted by molar-refractivity contribution is 7.92. The average Bonchev–Trinajstić information content (AvgIpc) is 2.94. The van der Waals surface area contributed by atoms with Gasteiger partial charge in [0.05, 0.1) is 10.7 Å². The van der Waals surface area contributed by atoms with Crippen molar-refractivity contribution in [2.24, 2.45) is 4.36 Å². The molecule has 5 nitrogen and oxygen atoms in total. The Kier molecular flexibility index (Phi) is 5.31. The Morgan fingerprint density at radius 3 is 2.59 bits per heavy atom. The summed E-state index contributed by atoms with van der Waals surface area (Å²) < 4.78 is 15.6. The van der Waals surface area contributed by atoms with Gasteiger partial charge in [-0.05, 0) is 19.1 Å². The van der Waals surface area contributed by atoms with Crippen LogP contribution in [-0.4, -0.2) is 40.7 Å². The zero-order valence-corrected chi connectivity index (χ0v) is 14.5. The van der Waals surface area contributed by atoms with E-state index in [0.717, 1.165) is 16.3 Å². The lowest BCUT2D eigenvalue weighted by Crippen LogP contribution is -2.28. The van der Waals surface area contributed by atoms with E-state index in [1.165, 1.54) is 7.05 Å². The summed E-state index contributed by atoms with van der Waals surface area (Å²) in [5, 5.41) is 5.77. The summed E-state index contributed by atoms with van der Waals surface area (Å²) in [5.41, 5.74) is 2.48. The van der Waals surface area contributed by atoms with Crippen LogP contribution in [0.1, 0.15) is 15.4 Å². The molecule has 0 aliphatic carbocycles. The third-order valence-electron chi connectivity index (χ3n) is 3.21. The highest BCUT2D eigenvalue weighted by atomic mass is 32.2. The van der Waals surface area contributed by atoms with E-state index in [1.54, 1.807) is 29.7 Å². The number of aromatic nitrogens is 1. The molecule has 0 bridgehead atoms. The number of carbonyl (C=O) groups excluding carboxylic acids is 1. The molecule has 1 atom stereocenters. The van der Waals surface area contributed by atoms with Crippen LogP contribution >= 0.6 is 11.3 Å². The summed E-state index contributed by atoms with van der Waals surface area (Å²) in [6.45, 7) is 2.31. The SMILES string of the molecule is CN=S(C)(=O)CCNC(=O)c1ccc(-c2csc(C)n2)cc1. The van der Waals surface area contributed by atoms with E-state index >= 15 is 0 Å². The number of amides is 1. The molecule has 0 aliphatic rings. The number of aryl methyl sites for hydroxylation is 1. The molecule has 1 aromatic heterocycles. The topological polar surface area (TPSA) is 71.4 Å². The number of nitrogens with one attached hydrogen (secondary N) is 1. The summed E-state index contributed by atoms with van der Waals surface area (Å²) >= 11 is 1.60. The zero-order chi connectivity index (χ0) is 16.2. The van der Waals surface area contributed by atoms with Crippen LogP contribution in [0.5, 0.6) is 0 Å². The molecule has 0 saturated carbocycles. The fourth-order valence-corrected chi connectivity index (χ4v) is 3.12. The van der Waals surface area contributed by atoms with Gasteiger partial charge in [0.1, 0.15) is 0 Å². The molecule has 1 aromatic carbocycles. The van der Waals surface area contributed by atoms with Crippen molar-refractivity contribution in [3.8, 4) is 11.3 Å². The first kappa shape index (κ1) is 16.6. The molecule has 2 rings (SSSR count). The molecule has 1 N–H and O–H groups in total. The van der Waals surface area contributed by atoms with E-state index in [4.69, 9.17) is 0 Å². The summed E-state index contributed by atoms with van der Waals surface area (Å²) in [7, 11) is -0.654. The van der Waals surface area contributed by atoms with Gasteiger partial charge in [-0.2, -0.15) is 0 Å². The Balaban J connectivity index is 1.98. The zero-order valence-electron chi connectivity index (χ0n) is 12.8. The van der Waals surface area contributed by atoms with Gasteiger partial charge in [0.15, 0.2) is 0 Å². The van der Waals surface area contributed by atoms with Crippen molar-refractivity contribution in [3.63, 3.8) is 0 Å². The lowest BCUT2D eigenvalue weighted by molar-refractivity contribution is 0.0956. The van der Waals surface area contributed by atoms with Crippen molar-refractivity contribution < 1.29 is 9.00 Å². The fraction of sp³-hybridized carbons (Fsp3) is 0.333. The summed E-state index contributed by atoms with van der Waals surface area (Å²) in [6.07, 6.45) is 1.59. The van der Waals surface area contributed by atoms with Crippen LogP contribution in [0.4, 0.5) is 0 Å². The number of benzene rings is 1. The quantitative estimate of drug-likeness (QED) is 0.911. The van der Waals surface area contributed by atoms with Crippen LogP contribution in [0.25, 0.3) is 11.3 Å². The van der Waals surface area contributed by atoms with Crippen molar-refractivity contribution in [2.45, 2.75) is 6.92 Å². The van der Waals surface area contributed by atoms with Crippen LogP contribution in [0.3, 0.4) is 0 Å². The second-order valence-electron chi connectivity index (χ2n) is 4.93. The number of hydrogen-bond acceptors (Lipinski definition) is 5. The van der Waals surface area contributed by atoms with Gasteiger partial charge in [-0.15, -0.1) is 11.3 Å². The summed E-state index contributed by atoms with van der Waals surface area (Å²) in [6, 6.07) is 7.31.